The number of unbranched alkanes of at least 4 members (excludes halogenated alkanes) is 7. The Balaban J connectivity index is 3.58. The van der Waals surface area contributed by atoms with Crippen LogP contribution in [0.4, 0.5) is 0 Å². The predicted molar refractivity (Wildman–Crippen MR) is 79.5 cm³/mol. The minimum absolute atomic E-state index is 0.404. The third kappa shape index (κ3) is 8.04. The van der Waals surface area contributed by atoms with Crippen LogP contribution in [0, 0.1) is 0 Å². The zero-order valence-electron chi connectivity index (χ0n) is 12.3. The van der Waals surface area contributed by atoms with Gasteiger partial charge in [0.25, 0.3) is 5.91 Å². The van der Waals surface area contributed by atoms with Crippen LogP contribution in [0.5, 0.6) is 0 Å². The van der Waals surface area contributed by atoms with Crippen molar-refractivity contribution < 1.29 is 20.1 Å². The number of carbonyl (C=O) groups is 1. The number of hydrogen-bond acceptors (Lipinski definition) is 4. The van der Waals surface area contributed by atoms with E-state index in [0.29, 0.717) is 6.54 Å². The van der Waals surface area contributed by atoms with Crippen LogP contribution in [0.15, 0.2) is 0 Å². The Morgan fingerprint density at radius 1 is 1.15 bits per heavy atom. The predicted octanol–water partition coefficient (Wildman–Crippen LogP) is 1.52. The molecular weight excluding hydrogens is 282 g/mol. The topological polar surface area (TPSA) is 89.8 Å². The second-order valence-corrected chi connectivity index (χ2v) is 5.68. The first-order chi connectivity index (χ1) is 9.46. The van der Waals surface area contributed by atoms with Gasteiger partial charge in [0.05, 0.1) is 6.61 Å². The van der Waals surface area contributed by atoms with Crippen molar-refractivity contribution in [2.24, 2.45) is 0 Å². The van der Waals surface area contributed by atoms with Gasteiger partial charge >= 0.3 is 0 Å². The summed E-state index contributed by atoms with van der Waals surface area (Å²) in [6.45, 7) is 1.82. The van der Waals surface area contributed by atoms with Crippen LogP contribution in [0.2, 0.25) is 0 Å². The van der Waals surface area contributed by atoms with E-state index in [4.69, 9.17) is 16.7 Å². The standard InChI is InChI=1S/C14H28ClNO4/c1-2-3-4-5-6-7-8-9-10-16-13(19)14(15,20)12(18)11-17/h12,17-18,20H,2-11H2,1H3,(H,16,19). The fourth-order valence-electron chi connectivity index (χ4n) is 1.86. The molecule has 0 bridgehead atoms. The molecule has 20 heavy (non-hydrogen) atoms. The fourth-order valence-corrected chi connectivity index (χ4v) is 1.99. The summed E-state index contributed by atoms with van der Waals surface area (Å²) in [5.41, 5.74) is 0. The van der Waals surface area contributed by atoms with Gasteiger partial charge in [-0.05, 0) is 6.42 Å². The molecule has 0 aliphatic carbocycles. The van der Waals surface area contributed by atoms with E-state index in [1.807, 2.05) is 0 Å². The van der Waals surface area contributed by atoms with Gasteiger partial charge < -0.3 is 20.6 Å². The number of halogens is 1. The van der Waals surface area contributed by atoms with Gasteiger partial charge in [-0.2, -0.15) is 0 Å². The third-order valence-electron chi connectivity index (χ3n) is 3.25. The normalized spacial score (nSPS) is 15.7. The molecule has 1 amide bonds. The molecule has 6 heteroatoms. The molecule has 0 radical (unpaired) electrons. The largest absolute Gasteiger partial charge is 0.393 e. The van der Waals surface area contributed by atoms with Crippen molar-refractivity contribution in [2.75, 3.05) is 13.2 Å². The maximum Gasteiger partial charge on any atom is 0.270 e. The van der Waals surface area contributed by atoms with Crippen molar-refractivity contribution in [3.05, 3.63) is 0 Å². The van der Waals surface area contributed by atoms with Gasteiger partial charge in [-0.3, -0.25) is 4.79 Å². The van der Waals surface area contributed by atoms with Crippen LogP contribution in [0.25, 0.3) is 0 Å². The number of alkyl halides is 1. The summed E-state index contributed by atoms with van der Waals surface area (Å²) >= 11 is 5.48. The molecule has 0 saturated heterocycles. The molecule has 4 N–H and O–H groups in total. The molecule has 0 saturated carbocycles. The molecule has 0 aromatic heterocycles. The molecule has 0 aliphatic heterocycles. The van der Waals surface area contributed by atoms with Gasteiger partial charge in [0, 0.05) is 6.54 Å². The van der Waals surface area contributed by atoms with Crippen molar-refractivity contribution in [3.8, 4) is 0 Å². The first-order valence-electron chi connectivity index (χ1n) is 7.45. The molecule has 0 fully saturated rings. The van der Waals surface area contributed by atoms with Crippen LogP contribution < -0.4 is 5.32 Å². The van der Waals surface area contributed by atoms with E-state index < -0.39 is 23.7 Å². The molecule has 0 aromatic rings. The quantitative estimate of drug-likeness (QED) is 0.325. The lowest BCUT2D eigenvalue weighted by atomic mass is 10.1. The first-order valence-corrected chi connectivity index (χ1v) is 7.83. The number of carbonyl (C=O) groups excluding carboxylic acids is 1. The number of nitrogens with one attached hydrogen (secondary N) is 1. The Kier molecular flexibility index (Phi) is 11.1. The number of rotatable bonds is 12. The average molecular weight is 310 g/mol. The van der Waals surface area contributed by atoms with Gasteiger partial charge in [0.15, 0.2) is 0 Å². The molecule has 0 aromatic carbocycles. The van der Waals surface area contributed by atoms with Gasteiger partial charge in [-0.1, -0.05) is 63.5 Å². The Bertz CT molecular complexity index is 262. The molecule has 0 spiro atoms. The van der Waals surface area contributed by atoms with Crippen LogP contribution in [0.1, 0.15) is 58.3 Å². The molecule has 5 nitrogen and oxygen atoms in total. The lowest BCUT2D eigenvalue weighted by Gasteiger charge is -2.23. The summed E-state index contributed by atoms with van der Waals surface area (Å²) in [5.74, 6) is -0.872. The maximum absolute atomic E-state index is 11.5. The van der Waals surface area contributed by atoms with Crippen LogP contribution in [0.3, 0.4) is 0 Å². The number of hydrogen-bond donors (Lipinski definition) is 4. The Morgan fingerprint density at radius 3 is 2.15 bits per heavy atom. The lowest BCUT2D eigenvalue weighted by Crippen LogP contribution is -2.52. The minimum atomic E-state index is -2.46. The van der Waals surface area contributed by atoms with E-state index >= 15 is 0 Å². The summed E-state index contributed by atoms with van der Waals surface area (Å²) in [6.07, 6.45) is 7.53. The second-order valence-electron chi connectivity index (χ2n) is 5.10. The van der Waals surface area contributed by atoms with Crippen molar-refractivity contribution >= 4 is 17.5 Å². The monoisotopic (exact) mass is 309 g/mol. The molecule has 0 rings (SSSR count). The lowest BCUT2D eigenvalue weighted by molar-refractivity contribution is -0.142. The molecule has 120 valence electrons. The number of aliphatic hydroxyl groups excluding tert-OH is 2. The Morgan fingerprint density at radius 2 is 1.65 bits per heavy atom. The van der Waals surface area contributed by atoms with E-state index in [1.54, 1.807) is 0 Å². The zero-order valence-corrected chi connectivity index (χ0v) is 13.0. The summed E-state index contributed by atoms with van der Waals surface area (Å²) in [4.78, 5) is 11.5. The van der Waals surface area contributed by atoms with E-state index in [-0.39, 0.29) is 0 Å². The van der Waals surface area contributed by atoms with Crippen molar-refractivity contribution in [2.45, 2.75) is 69.5 Å². The Labute approximate surface area is 126 Å². The second kappa shape index (κ2) is 11.3. The molecule has 0 aliphatic rings. The van der Waals surface area contributed by atoms with Crippen molar-refractivity contribution in [3.63, 3.8) is 0 Å². The number of amides is 1. The van der Waals surface area contributed by atoms with Gasteiger partial charge in [0.2, 0.25) is 5.06 Å². The molecule has 2 unspecified atom stereocenters. The van der Waals surface area contributed by atoms with Crippen molar-refractivity contribution in [1.29, 1.82) is 0 Å². The molecule has 2 atom stereocenters. The van der Waals surface area contributed by atoms with Gasteiger partial charge in [0.1, 0.15) is 6.10 Å². The zero-order chi connectivity index (χ0) is 15.4. The van der Waals surface area contributed by atoms with E-state index in [9.17, 15) is 15.0 Å². The van der Waals surface area contributed by atoms with Gasteiger partial charge in [-0.15, -0.1) is 0 Å². The van der Waals surface area contributed by atoms with Crippen LogP contribution in [-0.2, 0) is 4.79 Å². The minimum Gasteiger partial charge on any atom is -0.393 e. The van der Waals surface area contributed by atoms with E-state index in [0.717, 1.165) is 19.3 Å². The first kappa shape index (κ1) is 19.6. The van der Waals surface area contributed by atoms with Crippen LogP contribution in [-0.4, -0.2) is 45.5 Å². The smallest absolute Gasteiger partial charge is 0.270 e. The maximum atomic E-state index is 11.5. The highest BCUT2D eigenvalue weighted by atomic mass is 35.5. The van der Waals surface area contributed by atoms with Crippen molar-refractivity contribution in [1.82, 2.24) is 5.32 Å². The summed E-state index contributed by atoms with van der Waals surface area (Å²) in [5, 5.41) is 27.4. The third-order valence-corrected chi connectivity index (χ3v) is 3.67. The van der Waals surface area contributed by atoms with E-state index in [1.165, 1.54) is 32.1 Å². The van der Waals surface area contributed by atoms with Gasteiger partial charge in [-0.25, -0.2) is 0 Å². The highest BCUT2D eigenvalue weighted by Gasteiger charge is 2.40. The Hall–Kier alpha value is -0.360. The SMILES string of the molecule is CCCCCCCCCCNC(=O)C(O)(Cl)C(O)CO. The van der Waals surface area contributed by atoms with Crippen LogP contribution >= 0.6 is 11.6 Å². The highest BCUT2D eigenvalue weighted by molar-refractivity contribution is 6.33. The summed E-state index contributed by atoms with van der Waals surface area (Å²) < 4.78 is 0. The van der Waals surface area contributed by atoms with E-state index in [2.05, 4.69) is 12.2 Å². The molecule has 0 heterocycles. The fraction of sp³-hybridized carbons (Fsp3) is 0.929. The molecular formula is C14H28ClNO4. The summed E-state index contributed by atoms with van der Waals surface area (Å²) in [7, 11) is 0. The number of aliphatic hydroxyl groups is 3. The summed E-state index contributed by atoms with van der Waals surface area (Å²) in [6, 6.07) is 0. The average Bonchev–Trinajstić information content (AvgIpc) is 2.44. The highest BCUT2D eigenvalue weighted by Crippen LogP contribution is 2.16.